The van der Waals surface area contributed by atoms with Gasteiger partial charge in [0.15, 0.2) is 0 Å². The van der Waals surface area contributed by atoms with Gasteiger partial charge in [-0.2, -0.15) is 5.26 Å². The van der Waals surface area contributed by atoms with E-state index in [1.807, 2.05) is 24.3 Å². The molecular weight excluding hydrogens is 198 g/mol. The van der Waals surface area contributed by atoms with Gasteiger partial charge in [-0.15, -0.1) is 0 Å². The van der Waals surface area contributed by atoms with Crippen LogP contribution in [0, 0.1) is 23.2 Å². The highest BCUT2D eigenvalue weighted by molar-refractivity contribution is 5.36. The van der Waals surface area contributed by atoms with Gasteiger partial charge in [-0.1, -0.05) is 6.07 Å². The summed E-state index contributed by atoms with van der Waals surface area (Å²) in [6, 6.07) is 9.64. The van der Waals surface area contributed by atoms with Crippen LogP contribution < -0.4 is 4.74 Å². The third-order valence-electron chi connectivity index (χ3n) is 3.92. The van der Waals surface area contributed by atoms with Crippen LogP contribution in [0.2, 0.25) is 0 Å². The summed E-state index contributed by atoms with van der Waals surface area (Å²) in [6.07, 6.45) is 5.67. The quantitative estimate of drug-likeness (QED) is 0.756. The van der Waals surface area contributed by atoms with Crippen LogP contribution in [0.3, 0.4) is 0 Å². The fourth-order valence-corrected chi connectivity index (χ4v) is 3.14. The van der Waals surface area contributed by atoms with Crippen LogP contribution >= 0.6 is 0 Å². The van der Waals surface area contributed by atoms with Gasteiger partial charge in [-0.3, -0.25) is 0 Å². The Hall–Kier alpha value is -1.49. The molecule has 3 unspecified atom stereocenters. The molecule has 2 aliphatic rings. The minimum atomic E-state index is 0.396. The summed E-state index contributed by atoms with van der Waals surface area (Å²) in [5.74, 6) is 2.52. The maximum atomic E-state index is 8.82. The van der Waals surface area contributed by atoms with Crippen molar-refractivity contribution in [2.75, 3.05) is 0 Å². The molecule has 0 heterocycles. The van der Waals surface area contributed by atoms with Crippen LogP contribution in [-0.2, 0) is 0 Å². The molecule has 0 amide bonds. The van der Waals surface area contributed by atoms with E-state index in [0.717, 1.165) is 17.6 Å². The Morgan fingerprint density at radius 2 is 2.19 bits per heavy atom. The monoisotopic (exact) mass is 213 g/mol. The van der Waals surface area contributed by atoms with E-state index in [1.54, 1.807) is 0 Å². The molecule has 2 heteroatoms. The van der Waals surface area contributed by atoms with Crippen molar-refractivity contribution < 1.29 is 4.74 Å². The van der Waals surface area contributed by atoms with E-state index < -0.39 is 0 Å². The molecule has 3 atom stereocenters. The largest absolute Gasteiger partial charge is 0.490 e. The Balaban J connectivity index is 1.72. The molecule has 0 aromatic heterocycles. The van der Waals surface area contributed by atoms with Crippen molar-refractivity contribution in [3.05, 3.63) is 29.8 Å². The molecule has 2 fully saturated rings. The second kappa shape index (κ2) is 3.83. The van der Waals surface area contributed by atoms with Gasteiger partial charge in [-0.05, 0) is 55.7 Å². The van der Waals surface area contributed by atoms with Crippen molar-refractivity contribution in [3.8, 4) is 11.8 Å². The van der Waals surface area contributed by atoms with Crippen molar-refractivity contribution in [2.45, 2.75) is 31.8 Å². The number of fused-ring (bicyclic) bond motifs is 2. The molecular formula is C14H15NO. The first-order valence-electron chi connectivity index (χ1n) is 6.02. The van der Waals surface area contributed by atoms with Gasteiger partial charge in [0, 0.05) is 0 Å². The molecule has 1 aromatic carbocycles. The number of ether oxygens (including phenoxy) is 1. The number of hydrogen-bond acceptors (Lipinski definition) is 2. The molecule has 1 aromatic rings. The average Bonchev–Trinajstić information content (AvgIpc) is 2.91. The number of nitriles is 1. The SMILES string of the molecule is N#Cc1cccc(OC2CC3CCC2C3)c1. The Morgan fingerprint density at radius 3 is 2.88 bits per heavy atom. The summed E-state index contributed by atoms with van der Waals surface area (Å²) in [5.41, 5.74) is 0.681. The lowest BCUT2D eigenvalue weighted by atomic mass is 9.98. The minimum Gasteiger partial charge on any atom is -0.490 e. The van der Waals surface area contributed by atoms with Crippen LogP contribution in [0.1, 0.15) is 31.2 Å². The molecule has 2 bridgehead atoms. The highest BCUT2D eigenvalue weighted by Crippen LogP contribution is 2.45. The van der Waals surface area contributed by atoms with Crippen LogP contribution in [0.25, 0.3) is 0 Å². The average molecular weight is 213 g/mol. The molecule has 16 heavy (non-hydrogen) atoms. The van der Waals surface area contributed by atoms with Gasteiger partial charge < -0.3 is 4.74 Å². The van der Waals surface area contributed by atoms with E-state index in [4.69, 9.17) is 10.00 Å². The topological polar surface area (TPSA) is 33.0 Å². The fraction of sp³-hybridized carbons (Fsp3) is 0.500. The van der Waals surface area contributed by atoms with Gasteiger partial charge in [0.2, 0.25) is 0 Å². The zero-order valence-electron chi connectivity index (χ0n) is 9.23. The Bertz CT molecular complexity index is 435. The van der Waals surface area contributed by atoms with Gasteiger partial charge in [0.25, 0.3) is 0 Å². The van der Waals surface area contributed by atoms with E-state index >= 15 is 0 Å². The molecule has 0 radical (unpaired) electrons. The molecule has 2 saturated carbocycles. The fourth-order valence-electron chi connectivity index (χ4n) is 3.14. The lowest BCUT2D eigenvalue weighted by Gasteiger charge is -2.23. The van der Waals surface area contributed by atoms with E-state index in [1.165, 1.54) is 25.7 Å². The first kappa shape index (κ1) is 9.72. The summed E-state index contributed by atoms with van der Waals surface area (Å²) < 4.78 is 6.00. The first-order valence-corrected chi connectivity index (χ1v) is 6.02. The van der Waals surface area contributed by atoms with Gasteiger partial charge in [0.05, 0.1) is 11.6 Å². The highest BCUT2D eigenvalue weighted by atomic mass is 16.5. The second-order valence-electron chi connectivity index (χ2n) is 4.97. The van der Waals surface area contributed by atoms with Crippen LogP contribution in [-0.4, -0.2) is 6.10 Å². The molecule has 0 spiro atoms. The number of rotatable bonds is 2. The third-order valence-corrected chi connectivity index (χ3v) is 3.92. The van der Waals surface area contributed by atoms with Crippen LogP contribution in [0.4, 0.5) is 0 Å². The van der Waals surface area contributed by atoms with Crippen LogP contribution in [0.5, 0.6) is 5.75 Å². The normalized spacial score (nSPS) is 31.3. The standard InChI is InChI=1S/C14H15NO/c15-9-11-2-1-3-13(7-11)16-14-8-10-4-5-12(14)6-10/h1-3,7,10,12,14H,4-6,8H2. The van der Waals surface area contributed by atoms with Crippen molar-refractivity contribution in [1.29, 1.82) is 5.26 Å². The van der Waals surface area contributed by atoms with Gasteiger partial charge in [0.1, 0.15) is 11.9 Å². The predicted octanol–water partition coefficient (Wildman–Crippen LogP) is 3.13. The number of benzene rings is 1. The van der Waals surface area contributed by atoms with Crippen LogP contribution in [0.15, 0.2) is 24.3 Å². The molecule has 0 aliphatic heterocycles. The maximum Gasteiger partial charge on any atom is 0.121 e. The Morgan fingerprint density at radius 1 is 1.25 bits per heavy atom. The van der Waals surface area contributed by atoms with E-state index in [2.05, 4.69) is 6.07 Å². The Kier molecular flexibility index (Phi) is 2.32. The lowest BCUT2D eigenvalue weighted by molar-refractivity contribution is 0.138. The summed E-state index contributed by atoms with van der Waals surface area (Å²) in [5, 5.41) is 8.82. The van der Waals surface area contributed by atoms with Crippen molar-refractivity contribution in [1.82, 2.24) is 0 Å². The first-order chi connectivity index (χ1) is 7.85. The van der Waals surface area contributed by atoms with Crippen molar-refractivity contribution in [2.24, 2.45) is 11.8 Å². The summed E-state index contributed by atoms with van der Waals surface area (Å²) in [4.78, 5) is 0. The van der Waals surface area contributed by atoms with Gasteiger partial charge in [-0.25, -0.2) is 0 Å². The summed E-state index contributed by atoms with van der Waals surface area (Å²) in [7, 11) is 0. The molecule has 0 N–H and O–H groups in total. The van der Waals surface area contributed by atoms with E-state index in [0.29, 0.717) is 11.7 Å². The predicted molar refractivity (Wildman–Crippen MR) is 61.0 cm³/mol. The molecule has 82 valence electrons. The third kappa shape index (κ3) is 1.67. The minimum absolute atomic E-state index is 0.396. The van der Waals surface area contributed by atoms with Gasteiger partial charge >= 0.3 is 0 Å². The molecule has 0 saturated heterocycles. The van der Waals surface area contributed by atoms with E-state index in [-0.39, 0.29) is 0 Å². The Labute approximate surface area is 95.8 Å². The van der Waals surface area contributed by atoms with Crippen molar-refractivity contribution >= 4 is 0 Å². The molecule has 2 aliphatic carbocycles. The smallest absolute Gasteiger partial charge is 0.121 e. The summed E-state index contributed by atoms with van der Waals surface area (Å²) >= 11 is 0. The second-order valence-corrected chi connectivity index (χ2v) is 4.97. The highest BCUT2D eigenvalue weighted by Gasteiger charge is 2.40. The molecule has 3 rings (SSSR count). The zero-order valence-corrected chi connectivity index (χ0v) is 9.23. The zero-order chi connectivity index (χ0) is 11.0. The summed E-state index contributed by atoms with van der Waals surface area (Å²) in [6.45, 7) is 0. The maximum absolute atomic E-state index is 8.82. The number of nitrogens with zero attached hydrogens (tertiary/aromatic N) is 1. The van der Waals surface area contributed by atoms with E-state index in [9.17, 15) is 0 Å². The lowest BCUT2D eigenvalue weighted by Crippen LogP contribution is -2.23. The number of hydrogen-bond donors (Lipinski definition) is 0. The molecule has 2 nitrogen and oxygen atoms in total. The van der Waals surface area contributed by atoms with Crippen molar-refractivity contribution in [3.63, 3.8) is 0 Å².